The molecular formula is C14H16N2O2. The third-order valence-corrected chi connectivity index (χ3v) is 2.25. The number of nitrogens with zero attached hydrogens (tertiary/aromatic N) is 1. The fourth-order valence-electron chi connectivity index (χ4n) is 1.53. The summed E-state index contributed by atoms with van der Waals surface area (Å²) >= 11 is 0. The fraction of sp³-hybridized carbons (Fsp3) is 0.286. The van der Waals surface area contributed by atoms with Gasteiger partial charge >= 0.3 is 6.09 Å². The highest BCUT2D eigenvalue weighted by atomic mass is 16.6. The van der Waals surface area contributed by atoms with E-state index < -0.39 is 6.09 Å². The van der Waals surface area contributed by atoms with Gasteiger partial charge in [-0.3, -0.25) is 0 Å². The zero-order valence-electron chi connectivity index (χ0n) is 10.7. The molecule has 1 aromatic carbocycles. The van der Waals surface area contributed by atoms with Crippen molar-refractivity contribution < 1.29 is 9.53 Å². The van der Waals surface area contributed by atoms with Crippen molar-refractivity contribution in [1.29, 1.82) is 0 Å². The topological polar surface area (TPSA) is 51.2 Å². The molecule has 0 aliphatic heterocycles. The number of fused-ring (bicyclic) bond motifs is 1. The number of rotatable bonds is 1. The number of benzene rings is 1. The molecule has 0 saturated carbocycles. The molecule has 4 heteroatoms. The Labute approximate surface area is 106 Å². The normalized spacial score (nSPS) is 11.3. The Kier molecular flexibility index (Phi) is 3.19. The first-order valence-corrected chi connectivity index (χ1v) is 5.80. The monoisotopic (exact) mass is 244 g/mol. The molecule has 0 aliphatic carbocycles. The number of pyridine rings is 1. The highest BCUT2D eigenvalue weighted by molar-refractivity contribution is 5.79. The summed E-state index contributed by atoms with van der Waals surface area (Å²) in [6, 6.07) is 11.2. The molecule has 0 bridgehead atoms. The standard InChI is InChI=1S/C14H16N2O2/c1-14(2,3)16-13(17)18-12-9-8-10-6-4-5-7-11(10)15-12/h4-9H,1-3H3,(H,16,17). The number of nitrogens with one attached hydrogen (secondary N) is 1. The summed E-state index contributed by atoms with van der Waals surface area (Å²) in [6.45, 7) is 5.67. The second kappa shape index (κ2) is 4.64. The van der Waals surface area contributed by atoms with E-state index in [1.165, 1.54) is 0 Å². The van der Waals surface area contributed by atoms with Crippen molar-refractivity contribution in [2.45, 2.75) is 26.3 Å². The van der Waals surface area contributed by atoms with Crippen LogP contribution in [0.3, 0.4) is 0 Å². The Morgan fingerprint density at radius 1 is 1.17 bits per heavy atom. The van der Waals surface area contributed by atoms with Gasteiger partial charge in [-0.2, -0.15) is 0 Å². The van der Waals surface area contributed by atoms with Gasteiger partial charge in [0.05, 0.1) is 5.52 Å². The molecule has 1 N–H and O–H groups in total. The number of carbonyl (C=O) groups is 1. The van der Waals surface area contributed by atoms with E-state index in [1.54, 1.807) is 6.07 Å². The Hall–Kier alpha value is -2.10. The average Bonchev–Trinajstić information content (AvgIpc) is 2.26. The number of aromatic nitrogens is 1. The lowest BCUT2D eigenvalue weighted by Crippen LogP contribution is -2.42. The molecule has 0 unspecified atom stereocenters. The fourth-order valence-corrected chi connectivity index (χ4v) is 1.53. The SMILES string of the molecule is CC(C)(C)NC(=O)Oc1ccc2ccccc2n1. The van der Waals surface area contributed by atoms with Gasteiger partial charge in [0, 0.05) is 17.0 Å². The van der Waals surface area contributed by atoms with Crippen molar-refractivity contribution in [1.82, 2.24) is 10.3 Å². The molecular weight excluding hydrogens is 228 g/mol. The summed E-state index contributed by atoms with van der Waals surface area (Å²) in [5.74, 6) is 0.301. The molecule has 0 atom stereocenters. The molecule has 0 radical (unpaired) electrons. The van der Waals surface area contributed by atoms with Crippen LogP contribution in [0.1, 0.15) is 20.8 Å². The van der Waals surface area contributed by atoms with E-state index in [0.29, 0.717) is 5.88 Å². The largest absolute Gasteiger partial charge is 0.414 e. The lowest BCUT2D eigenvalue weighted by Gasteiger charge is -2.19. The van der Waals surface area contributed by atoms with Crippen LogP contribution >= 0.6 is 0 Å². The lowest BCUT2D eigenvalue weighted by atomic mass is 10.1. The van der Waals surface area contributed by atoms with Crippen molar-refractivity contribution >= 4 is 17.0 Å². The predicted molar refractivity (Wildman–Crippen MR) is 70.7 cm³/mol. The summed E-state index contributed by atoms with van der Waals surface area (Å²) in [5.41, 5.74) is 0.479. The van der Waals surface area contributed by atoms with Crippen LogP contribution in [0.2, 0.25) is 0 Å². The first-order valence-electron chi connectivity index (χ1n) is 5.80. The van der Waals surface area contributed by atoms with Gasteiger partial charge in [-0.25, -0.2) is 9.78 Å². The van der Waals surface area contributed by atoms with Crippen LogP contribution in [-0.2, 0) is 0 Å². The third kappa shape index (κ3) is 3.20. The Morgan fingerprint density at radius 3 is 2.61 bits per heavy atom. The van der Waals surface area contributed by atoms with Gasteiger partial charge in [-0.1, -0.05) is 18.2 Å². The van der Waals surface area contributed by atoms with Crippen molar-refractivity contribution in [3.05, 3.63) is 36.4 Å². The number of para-hydroxylation sites is 1. The Balaban J connectivity index is 2.15. The number of carbonyl (C=O) groups excluding carboxylic acids is 1. The number of hydrogen-bond acceptors (Lipinski definition) is 3. The van der Waals surface area contributed by atoms with E-state index in [9.17, 15) is 4.79 Å². The molecule has 2 aromatic rings. The van der Waals surface area contributed by atoms with E-state index in [1.807, 2.05) is 51.1 Å². The minimum absolute atomic E-state index is 0.301. The van der Waals surface area contributed by atoms with E-state index in [0.717, 1.165) is 10.9 Å². The van der Waals surface area contributed by atoms with Crippen molar-refractivity contribution in [2.24, 2.45) is 0 Å². The lowest BCUT2D eigenvalue weighted by molar-refractivity contribution is 0.189. The van der Waals surface area contributed by atoms with E-state index >= 15 is 0 Å². The highest BCUT2D eigenvalue weighted by Crippen LogP contribution is 2.16. The average molecular weight is 244 g/mol. The van der Waals surface area contributed by atoms with Gasteiger partial charge in [0.15, 0.2) is 0 Å². The maximum atomic E-state index is 11.6. The van der Waals surface area contributed by atoms with Crippen LogP contribution in [-0.4, -0.2) is 16.6 Å². The molecule has 0 fully saturated rings. The van der Waals surface area contributed by atoms with Gasteiger partial charge in [-0.15, -0.1) is 0 Å². The maximum Gasteiger partial charge on any atom is 0.414 e. The van der Waals surface area contributed by atoms with Crippen LogP contribution in [0.15, 0.2) is 36.4 Å². The maximum absolute atomic E-state index is 11.6. The number of hydrogen-bond donors (Lipinski definition) is 1. The van der Waals surface area contributed by atoms with E-state index in [-0.39, 0.29) is 5.54 Å². The van der Waals surface area contributed by atoms with Crippen molar-refractivity contribution in [3.63, 3.8) is 0 Å². The van der Waals surface area contributed by atoms with Gasteiger partial charge in [0.2, 0.25) is 5.88 Å². The summed E-state index contributed by atoms with van der Waals surface area (Å²) in [4.78, 5) is 15.9. The Morgan fingerprint density at radius 2 is 1.89 bits per heavy atom. The molecule has 1 heterocycles. The quantitative estimate of drug-likeness (QED) is 0.838. The van der Waals surface area contributed by atoms with Gasteiger partial charge in [-0.05, 0) is 32.9 Å². The second-order valence-electron chi connectivity index (χ2n) is 5.11. The molecule has 94 valence electrons. The van der Waals surface area contributed by atoms with Crippen molar-refractivity contribution in [3.8, 4) is 5.88 Å². The second-order valence-corrected chi connectivity index (χ2v) is 5.11. The molecule has 1 aromatic heterocycles. The first kappa shape index (κ1) is 12.4. The van der Waals surface area contributed by atoms with Crippen LogP contribution < -0.4 is 10.1 Å². The zero-order chi connectivity index (χ0) is 13.2. The first-order chi connectivity index (χ1) is 8.44. The van der Waals surface area contributed by atoms with Gasteiger partial charge < -0.3 is 10.1 Å². The molecule has 0 spiro atoms. The van der Waals surface area contributed by atoms with E-state index in [2.05, 4.69) is 10.3 Å². The molecule has 4 nitrogen and oxygen atoms in total. The summed E-state index contributed by atoms with van der Waals surface area (Å²) < 4.78 is 5.14. The van der Waals surface area contributed by atoms with E-state index in [4.69, 9.17) is 4.74 Å². The third-order valence-electron chi connectivity index (χ3n) is 2.25. The molecule has 2 rings (SSSR count). The smallest absolute Gasteiger partial charge is 0.391 e. The van der Waals surface area contributed by atoms with Crippen LogP contribution in [0.5, 0.6) is 5.88 Å². The Bertz CT molecular complexity index is 573. The molecule has 18 heavy (non-hydrogen) atoms. The number of amides is 1. The zero-order valence-corrected chi connectivity index (χ0v) is 10.7. The summed E-state index contributed by atoms with van der Waals surface area (Å²) in [7, 11) is 0. The minimum atomic E-state index is -0.495. The van der Waals surface area contributed by atoms with Crippen LogP contribution in [0, 0.1) is 0 Å². The van der Waals surface area contributed by atoms with Crippen LogP contribution in [0.4, 0.5) is 4.79 Å². The molecule has 1 amide bonds. The molecule has 0 saturated heterocycles. The van der Waals surface area contributed by atoms with Crippen LogP contribution in [0.25, 0.3) is 10.9 Å². The summed E-state index contributed by atoms with van der Waals surface area (Å²) in [6.07, 6.45) is -0.495. The number of ether oxygens (including phenoxy) is 1. The summed E-state index contributed by atoms with van der Waals surface area (Å²) in [5, 5.41) is 3.73. The molecule has 0 aliphatic rings. The van der Waals surface area contributed by atoms with Gasteiger partial charge in [0.1, 0.15) is 0 Å². The highest BCUT2D eigenvalue weighted by Gasteiger charge is 2.15. The predicted octanol–water partition coefficient (Wildman–Crippen LogP) is 3.12. The van der Waals surface area contributed by atoms with Gasteiger partial charge in [0.25, 0.3) is 0 Å². The minimum Gasteiger partial charge on any atom is -0.391 e. The van der Waals surface area contributed by atoms with Crippen molar-refractivity contribution in [2.75, 3.05) is 0 Å².